The number of carbonyl (C=O) groups is 2. The lowest BCUT2D eigenvalue weighted by Crippen LogP contribution is -2.39. The predicted octanol–water partition coefficient (Wildman–Crippen LogP) is 14.9. The lowest BCUT2D eigenvalue weighted by atomic mass is 10.0. The molecule has 10 heterocycles. The van der Waals surface area contributed by atoms with Crippen LogP contribution in [0.15, 0.2) is 117 Å². The van der Waals surface area contributed by atoms with Gasteiger partial charge in [0.1, 0.15) is 36.6 Å². The van der Waals surface area contributed by atoms with E-state index >= 15 is 0 Å². The molecule has 20 atom stereocenters. The molecule has 8 aromatic rings. The second-order valence-electron chi connectivity index (χ2n) is 35.8. The van der Waals surface area contributed by atoms with Crippen molar-refractivity contribution in [1.82, 2.24) is 76.8 Å². The lowest BCUT2D eigenvalue weighted by Gasteiger charge is -2.38. The van der Waals surface area contributed by atoms with E-state index in [9.17, 15) is 28.8 Å². The molecule has 49 heteroatoms. The van der Waals surface area contributed by atoms with Crippen LogP contribution in [0.5, 0.6) is 0 Å². The number of hydrogen-bond acceptors (Lipinski definition) is 37. The Balaban J connectivity index is 0.000000351. The molecule has 9 N–H and O–H groups in total. The highest BCUT2D eigenvalue weighted by Gasteiger charge is 2.51. The van der Waals surface area contributed by atoms with E-state index in [0.29, 0.717) is 39.4 Å². The average Bonchev–Trinajstić information content (AvgIpc) is 1.63. The molecule has 814 valence electrons. The van der Waals surface area contributed by atoms with Gasteiger partial charge in [-0.05, 0) is 176 Å². The standard InChI is InChI=1S/C27H36N7O4P.C26H36N5O5P.C21H34N7O4P.C20H33N4O5P.4CH4O/c1-17(2)34(18(3)4)39(36-14-10-13-28)38-23-19(5)20(6)37-27(23)33-16-31-22-24(29-15-30-25(22)33)32-26(35)21-11-8-7-9-12-21;1-17(2)31(18(3)4)37(34-16-10-14-27)36-23-19(5)20(6)35-25(23)30-15-13-22(29-26(30)33)28-24(32)21-11-8-7-9-12-21;1-12(2)28(13(3)4)33(30-10-8-9-22)32-17-14(5)15(6)31-20(17)27-11-24-16-18(27)25-21(23-7)26-19(16)29;1-12(2)24(13(3)4)30(27-10-8-9-21)29-17-15(6)16(7)28-19(17)23-11-14(5)18(25)22-20(23)26;4*1-2/h7-9,11-12,15-20,23,27H,10,14H2,1-6H3,(H,29,30,32,35);7-9,11-13,15,17-20,23,25H,10,16H2,1-6H3,(H,28,29,32,33);11-15,17,20H,8,10H2,1-7H3,(H2,23,25,26,29);11-13,15-17,19H,8,10H2,1-7H3,(H,22,25,26);4*2H,1H3/t19-,20+,23?,27+,39?;19-,20+,23?,25+,37?;14-,15+,17?,20+,33?;15-,16+,17?,19+,30?;;;;/m0000..../s1/i3*6D;7D;4*2T. The van der Waals surface area contributed by atoms with Gasteiger partial charge in [0.05, 0.1) is 113 Å². The summed E-state index contributed by atoms with van der Waals surface area (Å²) in [5.74, 6) is -0.633. The third-order valence-corrected chi connectivity index (χ3v) is 31.5. The van der Waals surface area contributed by atoms with Crippen LogP contribution in [0.25, 0.3) is 22.3 Å². The fourth-order valence-corrected chi connectivity index (χ4v) is 23.1. The molecule has 45 nitrogen and oxygen atoms in total. The number of nitrogens with zero attached hydrogens (tertiary/aromatic N) is 18. The smallest absolute Gasteiger partial charge is 0.351 e. The number of amides is 2. The minimum absolute atomic E-state index is 0.00376. The Labute approximate surface area is 879 Å². The summed E-state index contributed by atoms with van der Waals surface area (Å²) in [6.07, 6.45) is 1.67. The van der Waals surface area contributed by atoms with Gasteiger partial charge in [0.15, 0.2) is 53.1 Å². The van der Waals surface area contributed by atoms with Gasteiger partial charge in [-0.25, -0.2) is 48.2 Å². The predicted molar refractivity (Wildman–Crippen MR) is 564 cm³/mol. The normalized spacial score (nSPS) is 22.9. The fourth-order valence-electron chi connectivity index (χ4n) is 15.8. The molecular weight excluding hydrogens is 1980 g/mol. The van der Waals surface area contributed by atoms with E-state index in [4.69, 9.17) is 87.4 Å². The number of H-pyrrole nitrogens is 2. The molecule has 8 unspecified atom stereocenters. The Kier molecular flexibility index (Phi) is 50.1. The number of aromatic amines is 2. The summed E-state index contributed by atoms with van der Waals surface area (Å²) in [6.45, 7) is 43.5. The first-order valence-electron chi connectivity index (χ1n) is 52.6. The third kappa shape index (κ3) is 35.0. The van der Waals surface area contributed by atoms with Crippen LogP contribution in [0.2, 0.25) is 0 Å². The SMILES string of the molecule is [2H]C[C@H]1O[C@@H](n2cc(C)c(=O)[nH]c2=O)C(OP(OCCC#N)N(C(C)C)C(C)C)[C@H]1C.[2H]C[C@H]1O[C@@H](n2ccc(NC(=O)c3ccccc3)nc2=O)C(OP(OCCC#N)N(C(C)C)C(C)C)[C@H]1C.[2H]C[C@H]1O[C@@H](n2cnc3c(=O)[nH]c(NC)nc32)C(OP(OCCC#N)N(C(C)C)C(C)C)[C@H]1C.[2H]C[C@H]1O[C@@H](n2cnc3c(NC(=O)c4ccccc4)ncnc32)C(OP(OCCC#N)N(C(C)C)C(C)C)[C@H]1C.[3H]OC.[3H]OC.[3H]OC.[3H]OC. The van der Waals surface area contributed by atoms with E-state index < -0.39 is 113 Å². The highest BCUT2D eigenvalue weighted by molar-refractivity contribution is 7.45. The molecule has 0 spiro atoms. The summed E-state index contributed by atoms with van der Waals surface area (Å²) >= 11 is 0. The molecule has 2 aromatic carbocycles. The molecule has 0 saturated carbocycles. The number of benzene rings is 2. The van der Waals surface area contributed by atoms with Crippen molar-refractivity contribution in [1.29, 1.82) is 26.8 Å². The minimum atomic E-state index is -1.60. The number of rotatable bonds is 41. The van der Waals surface area contributed by atoms with Crippen molar-refractivity contribution in [2.45, 2.75) is 321 Å². The first-order valence-corrected chi connectivity index (χ1v) is 52.7. The number of ether oxygens (including phenoxy) is 4. The van der Waals surface area contributed by atoms with Gasteiger partial charge in [0.25, 0.3) is 57.0 Å². The number of nitrogens with one attached hydrogen (secondary N) is 5. The number of aliphatic hydroxyl groups excluding tert-OH is 4. The van der Waals surface area contributed by atoms with Gasteiger partial charge >= 0.3 is 11.4 Å². The highest BCUT2D eigenvalue weighted by Crippen LogP contribution is 2.57. The molecular formula is C98H155N23O22P4. The van der Waals surface area contributed by atoms with E-state index in [1.54, 1.807) is 78.0 Å². The number of carbonyl (C=O) groups excluding carboxylic acids is 2. The topological polar surface area (TPSA) is 567 Å². The zero-order valence-corrected chi connectivity index (χ0v) is 92.5. The Morgan fingerprint density at radius 1 is 0.469 bits per heavy atom. The van der Waals surface area contributed by atoms with E-state index in [1.807, 2.05) is 95.2 Å². The van der Waals surface area contributed by atoms with Crippen molar-refractivity contribution in [2.75, 3.05) is 77.9 Å². The van der Waals surface area contributed by atoms with Crippen molar-refractivity contribution in [2.24, 2.45) is 23.7 Å². The van der Waals surface area contributed by atoms with Crippen molar-refractivity contribution in [3.63, 3.8) is 0 Å². The monoisotopic (exact) mass is 2140 g/mol. The quantitative estimate of drug-likeness (QED) is 0.0127. The Hall–Kier alpha value is -9.48. The largest absolute Gasteiger partial charge is 0.400 e. The number of aryl methyl sites for hydroxylation is 1. The number of fused-ring (bicyclic) bond motifs is 2. The molecule has 0 bridgehead atoms. The molecule has 4 aliphatic heterocycles. The Morgan fingerprint density at radius 2 is 0.803 bits per heavy atom. The van der Waals surface area contributed by atoms with Gasteiger partial charge in [-0.3, -0.25) is 47.4 Å². The molecule has 0 aliphatic carbocycles. The molecule has 4 fully saturated rings. The number of anilines is 3. The van der Waals surface area contributed by atoms with Gasteiger partial charge in [-0.1, -0.05) is 64.1 Å². The zero-order chi connectivity index (χ0) is 116. The summed E-state index contributed by atoms with van der Waals surface area (Å²) in [6, 6.07) is 28.4. The fraction of sp³-hybridized carbons (Fsp3) is 0.633. The first kappa shape index (κ1) is 115. The van der Waals surface area contributed by atoms with Crippen LogP contribution in [-0.4, -0.2) is 274 Å². The van der Waals surface area contributed by atoms with Crippen molar-refractivity contribution >= 4 is 85.8 Å². The van der Waals surface area contributed by atoms with Gasteiger partial charge in [0.2, 0.25) is 11.7 Å². The van der Waals surface area contributed by atoms with Crippen LogP contribution in [0, 0.1) is 75.9 Å². The van der Waals surface area contributed by atoms with Crippen LogP contribution in [0.4, 0.5) is 17.6 Å². The molecule has 0 radical (unpaired) electrons. The summed E-state index contributed by atoms with van der Waals surface area (Å²) < 4.78 is 145. The van der Waals surface area contributed by atoms with Gasteiger partial charge in [0, 0.05) is 142 Å². The van der Waals surface area contributed by atoms with E-state index in [2.05, 4.69) is 175 Å². The highest BCUT2D eigenvalue weighted by atomic mass is 31.2. The zero-order valence-electron chi connectivity index (χ0n) is 96.9. The summed E-state index contributed by atoms with van der Waals surface area (Å²) in [4.78, 5) is 106. The third-order valence-electron chi connectivity index (χ3n) is 22.9. The van der Waals surface area contributed by atoms with Gasteiger partial charge in [-0.15, -0.1) is 0 Å². The second-order valence-corrected chi connectivity index (χ2v) is 41.4. The Morgan fingerprint density at radius 3 is 1.14 bits per heavy atom. The van der Waals surface area contributed by atoms with Crippen LogP contribution in [-0.2, 0) is 55.1 Å². The van der Waals surface area contributed by atoms with Crippen LogP contribution in [0.1, 0.15) is 248 Å². The Bertz CT molecular complexity index is 5870. The summed E-state index contributed by atoms with van der Waals surface area (Å²) in [7, 11) is 0.592. The van der Waals surface area contributed by atoms with E-state index in [1.165, 1.54) is 68.7 Å². The van der Waals surface area contributed by atoms with Gasteiger partial charge in [-0.2, -0.15) is 31.0 Å². The summed E-state index contributed by atoms with van der Waals surface area (Å²) in [5, 5.41) is 58.3. The van der Waals surface area contributed by atoms with Crippen LogP contribution in [0.3, 0.4) is 0 Å². The molecule has 4 aliphatic rings. The van der Waals surface area contributed by atoms with Crippen molar-refractivity contribution < 1.29 is 90.6 Å². The number of nitriles is 4. The summed E-state index contributed by atoms with van der Waals surface area (Å²) in [5.41, 5.74) is 0.742. The van der Waals surface area contributed by atoms with Crippen molar-refractivity contribution in [3.05, 3.63) is 156 Å². The van der Waals surface area contributed by atoms with E-state index in [0.717, 1.165) is 0 Å². The molecule has 147 heavy (non-hydrogen) atoms. The number of hydrogen-bond donors (Lipinski definition) is 9. The minimum Gasteiger partial charge on any atom is -0.400 e. The molecule has 6 aromatic heterocycles. The maximum absolute atomic E-state index is 13.1. The lowest BCUT2D eigenvalue weighted by molar-refractivity contribution is -0.0316. The van der Waals surface area contributed by atoms with E-state index in [-0.39, 0.29) is 198 Å². The number of aliphatic hydroxyl groups is 4. The number of aromatic nitrogens is 12. The van der Waals surface area contributed by atoms with Gasteiger partial charge < -0.3 is 91.5 Å². The van der Waals surface area contributed by atoms with Crippen LogP contribution >= 0.6 is 34.1 Å². The number of imidazole rings is 2. The maximum atomic E-state index is 13.1. The molecule has 2 amide bonds. The molecule has 12 rings (SSSR count). The van der Waals surface area contributed by atoms with Crippen LogP contribution < -0.4 is 38.4 Å². The van der Waals surface area contributed by atoms with Crippen molar-refractivity contribution in [3.8, 4) is 24.3 Å². The second kappa shape index (κ2) is 64.3. The molecule has 4 saturated heterocycles. The maximum Gasteiger partial charge on any atom is 0.351 e. The average molecular weight is 2140 g/mol. The first-order chi connectivity index (χ1) is 73.9.